The van der Waals surface area contributed by atoms with Gasteiger partial charge in [-0.2, -0.15) is 0 Å². The van der Waals surface area contributed by atoms with Crippen molar-refractivity contribution in [3.8, 4) is 0 Å². The molecule has 1 atom stereocenters. The Morgan fingerprint density at radius 3 is 2.69 bits per heavy atom. The van der Waals surface area contributed by atoms with Crippen LogP contribution in [0.3, 0.4) is 0 Å². The average molecular weight is 495 g/mol. The molecule has 2 rings (SSSR count). The Morgan fingerprint density at radius 2 is 2.12 bits per heavy atom. The lowest BCUT2D eigenvalue weighted by Gasteiger charge is -2.24. The Morgan fingerprint density at radius 1 is 1.38 bits per heavy atom. The predicted molar refractivity (Wildman–Crippen MR) is 122 cm³/mol. The lowest BCUT2D eigenvalue weighted by molar-refractivity contribution is 0.0169. The number of halogens is 1. The van der Waals surface area contributed by atoms with Crippen molar-refractivity contribution in [2.45, 2.75) is 51.7 Å². The van der Waals surface area contributed by atoms with Crippen LogP contribution in [0.4, 0.5) is 5.13 Å². The number of guanidine groups is 1. The summed E-state index contributed by atoms with van der Waals surface area (Å²) in [5, 5.41) is 9.85. The second-order valence-corrected chi connectivity index (χ2v) is 7.53. The van der Waals surface area contributed by atoms with Gasteiger partial charge in [0.2, 0.25) is 0 Å². The van der Waals surface area contributed by atoms with Gasteiger partial charge in [-0.25, -0.2) is 4.98 Å². The van der Waals surface area contributed by atoms with E-state index in [1.54, 1.807) is 18.4 Å². The van der Waals surface area contributed by atoms with E-state index in [2.05, 4.69) is 32.9 Å². The molecule has 0 bridgehead atoms. The van der Waals surface area contributed by atoms with Crippen molar-refractivity contribution in [2.75, 3.05) is 39.2 Å². The van der Waals surface area contributed by atoms with E-state index in [1.165, 1.54) is 25.7 Å². The molecule has 0 aliphatic heterocycles. The van der Waals surface area contributed by atoms with Gasteiger partial charge in [0.1, 0.15) is 0 Å². The molecule has 150 valence electrons. The maximum atomic E-state index is 5.98. The number of thiazole rings is 1. The van der Waals surface area contributed by atoms with Gasteiger partial charge < -0.3 is 20.3 Å². The molecule has 2 N–H and O–H groups in total. The minimum absolute atomic E-state index is 0. The van der Waals surface area contributed by atoms with Crippen molar-refractivity contribution in [3.05, 3.63) is 11.1 Å². The van der Waals surface area contributed by atoms with Gasteiger partial charge in [-0.3, -0.25) is 4.99 Å². The van der Waals surface area contributed by atoms with Crippen LogP contribution in [-0.2, 0) is 11.3 Å². The van der Waals surface area contributed by atoms with Gasteiger partial charge in [-0.15, -0.1) is 35.3 Å². The molecular formula is C18H34IN5OS. The van der Waals surface area contributed by atoms with E-state index in [9.17, 15) is 0 Å². The van der Waals surface area contributed by atoms with Crippen LogP contribution in [0.25, 0.3) is 0 Å². The van der Waals surface area contributed by atoms with Gasteiger partial charge in [-0.05, 0) is 32.1 Å². The van der Waals surface area contributed by atoms with Crippen molar-refractivity contribution < 1.29 is 4.74 Å². The SMILES string of the molecule is CCOC(CCNC(=NC)NCc1csc(N(C)C)n1)C1CCCC1.I. The monoisotopic (exact) mass is 495 g/mol. The highest BCUT2D eigenvalue weighted by Crippen LogP contribution is 2.30. The second-order valence-electron chi connectivity index (χ2n) is 6.70. The maximum Gasteiger partial charge on any atom is 0.191 e. The van der Waals surface area contributed by atoms with E-state index in [-0.39, 0.29) is 24.0 Å². The lowest BCUT2D eigenvalue weighted by Crippen LogP contribution is -2.39. The third kappa shape index (κ3) is 7.56. The Hall–Kier alpha value is -0.610. The standard InChI is InChI=1S/C18H33N5OS.HI/c1-5-24-16(14-8-6-7-9-14)10-11-20-17(19-2)21-12-15-13-25-18(22-15)23(3)4;/h13-14,16H,5-12H2,1-4H3,(H2,19,20,21);1H. The molecule has 26 heavy (non-hydrogen) atoms. The van der Waals surface area contributed by atoms with Gasteiger partial charge in [0.05, 0.1) is 18.3 Å². The number of hydrogen-bond acceptors (Lipinski definition) is 5. The van der Waals surface area contributed by atoms with Crippen LogP contribution in [-0.4, -0.2) is 51.3 Å². The summed E-state index contributed by atoms with van der Waals surface area (Å²) in [4.78, 5) is 10.9. The minimum Gasteiger partial charge on any atom is -0.378 e. The fraction of sp³-hybridized carbons (Fsp3) is 0.778. The zero-order valence-electron chi connectivity index (χ0n) is 16.5. The average Bonchev–Trinajstić information content (AvgIpc) is 3.28. The Kier molecular flexibility index (Phi) is 11.5. The van der Waals surface area contributed by atoms with Crippen LogP contribution in [0, 0.1) is 5.92 Å². The Labute approximate surface area is 179 Å². The molecule has 1 aromatic rings. The van der Waals surface area contributed by atoms with Crippen LogP contribution < -0.4 is 15.5 Å². The summed E-state index contributed by atoms with van der Waals surface area (Å²) in [7, 11) is 5.82. The first-order valence-electron chi connectivity index (χ1n) is 9.31. The second kappa shape index (κ2) is 12.7. The number of nitrogens with one attached hydrogen (secondary N) is 2. The molecule has 1 aliphatic rings. The highest BCUT2D eigenvalue weighted by molar-refractivity contribution is 14.0. The molecule has 0 saturated heterocycles. The van der Waals surface area contributed by atoms with E-state index in [0.29, 0.717) is 12.6 Å². The summed E-state index contributed by atoms with van der Waals surface area (Å²) in [6.45, 7) is 4.44. The normalized spacial score (nSPS) is 16.2. The zero-order valence-corrected chi connectivity index (χ0v) is 19.6. The highest BCUT2D eigenvalue weighted by Gasteiger charge is 2.25. The predicted octanol–water partition coefficient (Wildman–Crippen LogP) is 3.48. The van der Waals surface area contributed by atoms with Crippen LogP contribution in [0.15, 0.2) is 10.4 Å². The smallest absolute Gasteiger partial charge is 0.191 e. The number of aromatic nitrogens is 1. The van der Waals surface area contributed by atoms with E-state index >= 15 is 0 Å². The molecule has 0 aromatic carbocycles. The summed E-state index contributed by atoms with van der Waals surface area (Å²) in [6.07, 6.45) is 6.74. The molecular weight excluding hydrogens is 461 g/mol. The van der Waals surface area contributed by atoms with Gasteiger partial charge >= 0.3 is 0 Å². The van der Waals surface area contributed by atoms with Crippen LogP contribution in [0.2, 0.25) is 0 Å². The molecule has 0 radical (unpaired) electrons. The highest BCUT2D eigenvalue weighted by atomic mass is 127. The molecule has 1 saturated carbocycles. The maximum absolute atomic E-state index is 5.98. The van der Waals surface area contributed by atoms with E-state index in [0.717, 1.165) is 42.3 Å². The third-order valence-electron chi connectivity index (χ3n) is 4.61. The summed E-state index contributed by atoms with van der Waals surface area (Å²) in [6, 6.07) is 0. The van der Waals surface area contributed by atoms with Crippen molar-refractivity contribution in [1.29, 1.82) is 0 Å². The first kappa shape index (κ1) is 23.4. The van der Waals surface area contributed by atoms with Crippen LogP contribution in [0.5, 0.6) is 0 Å². The lowest BCUT2D eigenvalue weighted by atomic mass is 9.98. The molecule has 8 heteroatoms. The number of ether oxygens (including phenoxy) is 1. The summed E-state index contributed by atoms with van der Waals surface area (Å²) in [5.41, 5.74) is 1.04. The molecule has 1 heterocycles. The fourth-order valence-electron chi connectivity index (χ4n) is 3.31. The first-order chi connectivity index (χ1) is 12.1. The molecule has 1 fully saturated rings. The van der Waals surface area contributed by atoms with Gasteiger partial charge in [-0.1, -0.05) is 12.8 Å². The molecule has 1 unspecified atom stereocenters. The number of nitrogens with zero attached hydrogens (tertiary/aromatic N) is 3. The molecule has 1 aliphatic carbocycles. The topological polar surface area (TPSA) is 61.8 Å². The number of hydrogen-bond donors (Lipinski definition) is 2. The number of rotatable bonds is 9. The van der Waals surface area contributed by atoms with E-state index < -0.39 is 0 Å². The number of anilines is 1. The van der Waals surface area contributed by atoms with Crippen LogP contribution in [0.1, 0.15) is 44.7 Å². The Balaban J connectivity index is 0.00000338. The zero-order chi connectivity index (χ0) is 18.1. The first-order valence-corrected chi connectivity index (χ1v) is 10.2. The van der Waals surface area contributed by atoms with Gasteiger partial charge in [0, 0.05) is 39.7 Å². The molecule has 1 aromatic heterocycles. The quantitative estimate of drug-likeness (QED) is 0.312. The van der Waals surface area contributed by atoms with Crippen LogP contribution >= 0.6 is 35.3 Å². The summed E-state index contributed by atoms with van der Waals surface area (Å²) < 4.78 is 5.98. The van der Waals surface area contributed by atoms with E-state index in [1.807, 2.05) is 19.0 Å². The van der Waals surface area contributed by atoms with Crippen molar-refractivity contribution in [2.24, 2.45) is 10.9 Å². The van der Waals surface area contributed by atoms with E-state index in [4.69, 9.17) is 4.74 Å². The molecule has 0 spiro atoms. The summed E-state index contributed by atoms with van der Waals surface area (Å²) >= 11 is 1.66. The van der Waals surface area contributed by atoms with Gasteiger partial charge in [0.25, 0.3) is 0 Å². The molecule has 6 nitrogen and oxygen atoms in total. The van der Waals surface area contributed by atoms with Crippen molar-refractivity contribution in [3.63, 3.8) is 0 Å². The third-order valence-corrected chi connectivity index (χ3v) is 5.67. The van der Waals surface area contributed by atoms with Crippen molar-refractivity contribution in [1.82, 2.24) is 15.6 Å². The largest absolute Gasteiger partial charge is 0.378 e. The fourth-order valence-corrected chi connectivity index (χ4v) is 4.07. The molecule has 0 amide bonds. The Bertz CT molecular complexity index is 531. The minimum atomic E-state index is 0. The number of aliphatic imine (C=N–C) groups is 1. The van der Waals surface area contributed by atoms with Gasteiger partial charge in [0.15, 0.2) is 11.1 Å². The van der Waals surface area contributed by atoms with Crippen molar-refractivity contribution >= 4 is 46.4 Å². The summed E-state index contributed by atoms with van der Waals surface area (Å²) in [5.74, 6) is 1.55.